The molecule has 0 aromatic rings. The Morgan fingerprint density at radius 3 is 2.44 bits per heavy atom. The van der Waals surface area contributed by atoms with E-state index in [1.165, 1.54) is 19.9 Å². The van der Waals surface area contributed by atoms with E-state index in [2.05, 4.69) is 6.58 Å². The normalized spacial score (nSPS) is 12.8. The van der Waals surface area contributed by atoms with E-state index in [-0.39, 0.29) is 12.5 Å². The van der Waals surface area contributed by atoms with Crippen molar-refractivity contribution in [3.8, 4) is 0 Å². The van der Waals surface area contributed by atoms with Crippen LogP contribution in [0.3, 0.4) is 0 Å². The number of esters is 2. The van der Waals surface area contributed by atoms with Crippen molar-refractivity contribution < 1.29 is 19.1 Å². The summed E-state index contributed by atoms with van der Waals surface area (Å²) in [5.74, 6) is -1.01. The van der Waals surface area contributed by atoms with Crippen molar-refractivity contribution in [1.29, 1.82) is 0 Å². The number of rotatable bonds is 6. The minimum atomic E-state index is -1.25. The first-order chi connectivity index (χ1) is 7.33. The van der Waals surface area contributed by atoms with Crippen LogP contribution < -0.4 is 0 Å². The van der Waals surface area contributed by atoms with Gasteiger partial charge in [-0.15, -0.1) is 6.58 Å². The molecule has 0 aliphatic carbocycles. The lowest BCUT2D eigenvalue weighted by molar-refractivity contribution is -0.181. The van der Waals surface area contributed by atoms with Gasteiger partial charge in [0.25, 0.3) is 0 Å². The molecule has 0 amide bonds. The molecular weight excluding hydrogens is 208 g/mol. The molecule has 0 radical (unpaired) electrons. The van der Waals surface area contributed by atoms with Crippen molar-refractivity contribution in [1.82, 2.24) is 0 Å². The first-order valence-electron chi connectivity index (χ1n) is 5.37. The highest BCUT2D eigenvalue weighted by atomic mass is 16.6. The lowest BCUT2D eigenvalue weighted by Crippen LogP contribution is -2.40. The average Bonchev–Trinajstić information content (AvgIpc) is 2.16. The molecule has 0 aromatic carbocycles. The number of ether oxygens (including phenoxy) is 2. The van der Waals surface area contributed by atoms with Crippen molar-refractivity contribution in [3.63, 3.8) is 0 Å². The zero-order valence-corrected chi connectivity index (χ0v) is 10.4. The summed E-state index contributed by atoms with van der Waals surface area (Å²) in [6, 6.07) is 0. The average molecular weight is 228 g/mol. The van der Waals surface area contributed by atoms with Gasteiger partial charge in [-0.1, -0.05) is 13.0 Å². The fraction of sp³-hybridized carbons (Fsp3) is 0.667. The summed E-state index contributed by atoms with van der Waals surface area (Å²) in [6.45, 7) is 10.1. The first kappa shape index (κ1) is 14.7. The molecule has 0 aliphatic rings. The third-order valence-corrected chi connectivity index (χ3v) is 2.05. The van der Waals surface area contributed by atoms with Crippen LogP contribution in [0.25, 0.3) is 0 Å². The second-order valence-electron chi connectivity index (χ2n) is 4.10. The standard InChI is InChI=1S/C12H20O4/c1-6-8-10(13)16-12(4,5)11(14)15-9(3)7-2/h6,9H,1,7-8H2,2-5H3. The Labute approximate surface area is 96.6 Å². The van der Waals surface area contributed by atoms with Crippen molar-refractivity contribution >= 4 is 11.9 Å². The quantitative estimate of drug-likeness (QED) is 0.516. The van der Waals surface area contributed by atoms with E-state index < -0.39 is 17.5 Å². The van der Waals surface area contributed by atoms with E-state index in [4.69, 9.17) is 9.47 Å². The Bertz CT molecular complexity index is 268. The number of carbonyl (C=O) groups is 2. The molecule has 0 saturated carbocycles. The highest BCUT2D eigenvalue weighted by Gasteiger charge is 2.34. The maximum atomic E-state index is 11.6. The van der Waals surface area contributed by atoms with Crippen LogP contribution in [0.5, 0.6) is 0 Å². The van der Waals surface area contributed by atoms with Gasteiger partial charge in [0.1, 0.15) is 0 Å². The molecule has 0 saturated heterocycles. The third-order valence-electron chi connectivity index (χ3n) is 2.05. The molecule has 0 N–H and O–H groups in total. The molecule has 92 valence electrons. The lowest BCUT2D eigenvalue weighted by Gasteiger charge is -2.24. The predicted octanol–water partition coefficient (Wildman–Crippen LogP) is 2.23. The zero-order chi connectivity index (χ0) is 12.8. The molecular formula is C12H20O4. The fourth-order valence-corrected chi connectivity index (χ4v) is 0.894. The first-order valence-corrected chi connectivity index (χ1v) is 5.37. The van der Waals surface area contributed by atoms with Gasteiger partial charge in [-0.05, 0) is 27.2 Å². The summed E-state index contributed by atoms with van der Waals surface area (Å²) >= 11 is 0. The van der Waals surface area contributed by atoms with Gasteiger partial charge in [-0.25, -0.2) is 4.79 Å². The Morgan fingerprint density at radius 2 is 2.00 bits per heavy atom. The smallest absolute Gasteiger partial charge is 0.350 e. The summed E-state index contributed by atoms with van der Waals surface area (Å²) in [5.41, 5.74) is -1.25. The Balaban J connectivity index is 4.35. The molecule has 0 rings (SSSR count). The number of carbonyl (C=O) groups excluding carboxylic acids is 2. The van der Waals surface area contributed by atoms with Crippen LogP contribution in [0.15, 0.2) is 12.7 Å². The monoisotopic (exact) mass is 228 g/mol. The Kier molecular flexibility index (Phi) is 5.78. The van der Waals surface area contributed by atoms with E-state index in [0.717, 1.165) is 6.42 Å². The van der Waals surface area contributed by atoms with Crippen molar-refractivity contribution in [2.75, 3.05) is 0 Å². The Hall–Kier alpha value is -1.32. The van der Waals surface area contributed by atoms with E-state index in [0.29, 0.717) is 0 Å². The second-order valence-corrected chi connectivity index (χ2v) is 4.10. The minimum absolute atomic E-state index is 0.0834. The van der Waals surface area contributed by atoms with Crippen LogP contribution in [-0.4, -0.2) is 23.6 Å². The molecule has 0 heterocycles. The maximum Gasteiger partial charge on any atom is 0.350 e. The summed E-state index contributed by atoms with van der Waals surface area (Å²) in [6.07, 6.45) is 2.06. The topological polar surface area (TPSA) is 52.6 Å². The van der Waals surface area contributed by atoms with Crippen molar-refractivity contribution in [2.24, 2.45) is 0 Å². The summed E-state index contributed by atoms with van der Waals surface area (Å²) < 4.78 is 10.1. The van der Waals surface area contributed by atoms with E-state index in [9.17, 15) is 9.59 Å². The molecule has 1 atom stereocenters. The lowest BCUT2D eigenvalue weighted by atomic mass is 10.1. The predicted molar refractivity (Wildman–Crippen MR) is 60.8 cm³/mol. The van der Waals surface area contributed by atoms with Gasteiger partial charge >= 0.3 is 11.9 Å². The summed E-state index contributed by atoms with van der Waals surface area (Å²) in [4.78, 5) is 22.9. The molecule has 16 heavy (non-hydrogen) atoms. The van der Waals surface area contributed by atoms with Crippen LogP contribution in [0.1, 0.15) is 40.5 Å². The molecule has 4 heteroatoms. The molecule has 0 spiro atoms. The van der Waals surface area contributed by atoms with Gasteiger partial charge in [0.15, 0.2) is 0 Å². The van der Waals surface area contributed by atoms with Gasteiger partial charge in [-0.3, -0.25) is 4.79 Å². The Morgan fingerprint density at radius 1 is 1.44 bits per heavy atom. The van der Waals surface area contributed by atoms with Gasteiger partial charge in [0, 0.05) is 0 Å². The number of hydrogen-bond acceptors (Lipinski definition) is 4. The van der Waals surface area contributed by atoms with Crippen molar-refractivity contribution in [2.45, 2.75) is 52.2 Å². The van der Waals surface area contributed by atoms with Crippen LogP contribution in [0, 0.1) is 0 Å². The highest BCUT2D eigenvalue weighted by molar-refractivity contribution is 5.83. The molecule has 4 nitrogen and oxygen atoms in total. The molecule has 0 bridgehead atoms. The zero-order valence-electron chi connectivity index (χ0n) is 10.4. The van der Waals surface area contributed by atoms with Crippen molar-refractivity contribution in [3.05, 3.63) is 12.7 Å². The van der Waals surface area contributed by atoms with E-state index in [1.54, 1.807) is 6.92 Å². The molecule has 0 aromatic heterocycles. The van der Waals surface area contributed by atoms with Gasteiger partial charge in [0.05, 0.1) is 12.5 Å². The third kappa shape index (κ3) is 4.96. The maximum absolute atomic E-state index is 11.6. The molecule has 0 fully saturated rings. The highest BCUT2D eigenvalue weighted by Crippen LogP contribution is 2.15. The van der Waals surface area contributed by atoms with Gasteiger partial charge in [-0.2, -0.15) is 0 Å². The summed E-state index contributed by atoms with van der Waals surface area (Å²) in [5, 5.41) is 0. The van der Waals surface area contributed by atoms with Crippen LogP contribution >= 0.6 is 0 Å². The molecule has 0 aliphatic heterocycles. The van der Waals surface area contributed by atoms with Crippen LogP contribution in [-0.2, 0) is 19.1 Å². The van der Waals surface area contributed by atoms with Crippen LogP contribution in [0.4, 0.5) is 0 Å². The largest absolute Gasteiger partial charge is 0.460 e. The van der Waals surface area contributed by atoms with Gasteiger partial charge < -0.3 is 9.47 Å². The van der Waals surface area contributed by atoms with E-state index >= 15 is 0 Å². The fourth-order valence-electron chi connectivity index (χ4n) is 0.894. The number of hydrogen-bond donors (Lipinski definition) is 0. The van der Waals surface area contributed by atoms with E-state index in [1.807, 2.05) is 6.92 Å². The minimum Gasteiger partial charge on any atom is -0.460 e. The second kappa shape index (κ2) is 6.30. The SMILES string of the molecule is C=CCC(=O)OC(C)(C)C(=O)OC(C)CC. The summed E-state index contributed by atoms with van der Waals surface area (Å²) in [7, 11) is 0. The van der Waals surface area contributed by atoms with Gasteiger partial charge in [0.2, 0.25) is 5.60 Å². The molecule has 1 unspecified atom stereocenters. The van der Waals surface area contributed by atoms with Crippen LogP contribution in [0.2, 0.25) is 0 Å².